The van der Waals surface area contributed by atoms with Crippen molar-refractivity contribution in [3.8, 4) is 5.75 Å². The van der Waals surface area contributed by atoms with Gasteiger partial charge in [0.2, 0.25) is 5.91 Å². The van der Waals surface area contributed by atoms with Gasteiger partial charge in [-0.2, -0.15) is 0 Å². The quantitative estimate of drug-likeness (QED) is 0.444. The zero-order valence-corrected chi connectivity index (χ0v) is 17.5. The van der Waals surface area contributed by atoms with E-state index in [1.807, 2.05) is 6.92 Å². The van der Waals surface area contributed by atoms with Crippen LogP contribution in [-0.4, -0.2) is 50.8 Å². The van der Waals surface area contributed by atoms with Crippen molar-refractivity contribution < 1.29 is 14.3 Å². The number of ether oxygens (including phenoxy) is 2. The third-order valence-corrected chi connectivity index (χ3v) is 4.74. The summed E-state index contributed by atoms with van der Waals surface area (Å²) in [6, 6.07) is 6.41. The van der Waals surface area contributed by atoms with Crippen molar-refractivity contribution in [1.29, 1.82) is 0 Å². The summed E-state index contributed by atoms with van der Waals surface area (Å²) in [7, 11) is 1.72. The zero-order chi connectivity index (χ0) is 20.4. The van der Waals surface area contributed by atoms with Gasteiger partial charge in [0.1, 0.15) is 11.9 Å². The van der Waals surface area contributed by atoms with E-state index in [1.165, 1.54) is 0 Å². The van der Waals surface area contributed by atoms with Crippen molar-refractivity contribution in [2.24, 2.45) is 4.99 Å². The van der Waals surface area contributed by atoms with E-state index < -0.39 is 0 Å². The molecule has 1 heterocycles. The highest BCUT2D eigenvalue weighted by molar-refractivity contribution is 5.81. The van der Waals surface area contributed by atoms with E-state index in [0.717, 1.165) is 36.3 Å². The van der Waals surface area contributed by atoms with E-state index in [1.54, 1.807) is 7.05 Å². The lowest BCUT2D eigenvalue weighted by atomic mass is 10.1. The summed E-state index contributed by atoms with van der Waals surface area (Å²) in [5, 5.41) is 9.44. The van der Waals surface area contributed by atoms with Crippen molar-refractivity contribution in [2.45, 2.75) is 58.7 Å². The van der Waals surface area contributed by atoms with Crippen LogP contribution in [0.2, 0.25) is 0 Å². The Labute approximate surface area is 168 Å². The highest BCUT2D eigenvalue weighted by Gasteiger charge is 2.18. The molecule has 1 fully saturated rings. The molecular formula is C21H34N4O3. The molecule has 1 saturated heterocycles. The van der Waals surface area contributed by atoms with Gasteiger partial charge in [0.25, 0.3) is 0 Å². The number of nitrogens with zero attached hydrogens (tertiary/aromatic N) is 1. The molecule has 3 N–H and O–H groups in total. The number of aliphatic imine (C=N–C) groups is 1. The summed E-state index contributed by atoms with van der Waals surface area (Å²) in [4.78, 5) is 16.1. The third kappa shape index (κ3) is 7.38. The van der Waals surface area contributed by atoms with Gasteiger partial charge >= 0.3 is 0 Å². The Kier molecular flexibility index (Phi) is 9.07. The lowest BCUT2D eigenvalue weighted by molar-refractivity contribution is -0.121. The van der Waals surface area contributed by atoms with Crippen LogP contribution in [0.3, 0.4) is 0 Å². The molecule has 2 atom stereocenters. The predicted octanol–water partition coefficient (Wildman–Crippen LogP) is 2.13. The van der Waals surface area contributed by atoms with Gasteiger partial charge in [0, 0.05) is 44.6 Å². The maximum absolute atomic E-state index is 11.9. The molecule has 2 unspecified atom stereocenters. The molecule has 2 rings (SSSR count). The lowest BCUT2D eigenvalue weighted by Gasteiger charge is -2.18. The fraction of sp³-hybridized carbons (Fsp3) is 0.619. The van der Waals surface area contributed by atoms with Gasteiger partial charge in [-0.3, -0.25) is 9.79 Å². The summed E-state index contributed by atoms with van der Waals surface area (Å²) in [6.45, 7) is 8.62. The molecule has 1 aromatic rings. The monoisotopic (exact) mass is 390 g/mol. The number of carbonyl (C=O) groups is 1. The Hall–Kier alpha value is -2.28. The Morgan fingerprint density at radius 1 is 1.39 bits per heavy atom. The minimum atomic E-state index is 0.0466. The van der Waals surface area contributed by atoms with Gasteiger partial charge in [-0.1, -0.05) is 19.1 Å². The second-order valence-corrected chi connectivity index (χ2v) is 7.19. The van der Waals surface area contributed by atoms with Crippen LogP contribution in [0.4, 0.5) is 0 Å². The molecule has 156 valence electrons. The molecule has 28 heavy (non-hydrogen) atoms. The van der Waals surface area contributed by atoms with Crippen molar-refractivity contribution in [1.82, 2.24) is 16.0 Å². The molecule has 0 radical (unpaired) electrons. The number of rotatable bonds is 9. The number of amides is 1. The normalized spacial score (nSPS) is 17.9. The number of hydrogen-bond acceptors (Lipinski definition) is 4. The first-order chi connectivity index (χ1) is 13.5. The van der Waals surface area contributed by atoms with Crippen LogP contribution in [0.25, 0.3) is 0 Å². The standard InChI is InChI=1S/C21H34N4O3/c1-5-16(3)25-20(26)8-10-23-21(22-4)24-13-17-7-6-15(2)12-19(17)28-18-9-11-27-14-18/h6-7,12,16,18H,5,8-11,13-14H2,1-4H3,(H,25,26)(H2,22,23,24). The Morgan fingerprint density at radius 3 is 2.89 bits per heavy atom. The molecule has 1 amide bonds. The molecule has 0 saturated carbocycles. The SMILES string of the molecule is CCC(C)NC(=O)CCNC(=NC)NCc1ccc(C)cc1OC1CCOC1. The van der Waals surface area contributed by atoms with Crippen LogP contribution in [0.15, 0.2) is 23.2 Å². The summed E-state index contributed by atoms with van der Waals surface area (Å²) in [6.07, 6.45) is 2.37. The van der Waals surface area contributed by atoms with Crippen LogP contribution in [0.5, 0.6) is 5.75 Å². The summed E-state index contributed by atoms with van der Waals surface area (Å²) < 4.78 is 11.5. The van der Waals surface area contributed by atoms with Crippen molar-refractivity contribution in [3.05, 3.63) is 29.3 Å². The maximum Gasteiger partial charge on any atom is 0.221 e. The fourth-order valence-electron chi connectivity index (χ4n) is 2.85. The average Bonchev–Trinajstić information content (AvgIpc) is 3.18. The molecule has 0 aromatic heterocycles. The minimum absolute atomic E-state index is 0.0466. The number of hydrogen-bond donors (Lipinski definition) is 3. The van der Waals surface area contributed by atoms with Crippen LogP contribution >= 0.6 is 0 Å². The van der Waals surface area contributed by atoms with Crippen LogP contribution < -0.4 is 20.7 Å². The molecule has 1 aliphatic rings. The number of nitrogens with one attached hydrogen (secondary N) is 3. The smallest absolute Gasteiger partial charge is 0.221 e. The molecule has 1 aromatic carbocycles. The van der Waals surface area contributed by atoms with E-state index in [9.17, 15) is 4.79 Å². The summed E-state index contributed by atoms with van der Waals surface area (Å²) in [5.41, 5.74) is 2.22. The number of carbonyl (C=O) groups excluding carboxylic acids is 1. The van der Waals surface area contributed by atoms with Crippen LogP contribution in [0, 0.1) is 6.92 Å². The zero-order valence-electron chi connectivity index (χ0n) is 17.5. The van der Waals surface area contributed by atoms with E-state index in [2.05, 4.69) is 53.0 Å². The molecule has 0 aliphatic carbocycles. The van der Waals surface area contributed by atoms with Crippen molar-refractivity contribution >= 4 is 11.9 Å². The topological polar surface area (TPSA) is 84.0 Å². The van der Waals surface area contributed by atoms with Gasteiger partial charge in [0.05, 0.1) is 13.2 Å². The number of guanidine groups is 1. The number of benzene rings is 1. The Balaban J connectivity index is 1.83. The maximum atomic E-state index is 11.9. The van der Waals surface area contributed by atoms with Crippen LogP contribution in [-0.2, 0) is 16.1 Å². The highest BCUT2D eigenvalue weighted by atomic mass is 16.5. The van der Waals surface area contributed by atoms with Gasteiger partial charge < -0.3 is 25.4 Å². The molecule has 7 nitrogen and oxygen atoms in total. The van der Waals surface area contributed by atoms with Gasteiger partial charge in [-0.05, 0) is 31.9 Å². The largest absolute Gasteiger partial charge is 0.488 e. The lowest BCUT2D eigenvalue weighted by Crippen LogP contribution is -2.40. The van der Waals surface area contributed by atoms with Gasteiger partial charge in [0.15, 0.2) is 5.96 Å². The highest BCUT2D eigenvalue weighted by Crippen LogP contribution is 2.23. The third-order valence-electron chi connectivity index (χ3n) is 4.74. The minimum Gasteiger partial charge on any atom is -0.488 e. The van der Waals surface area contributed by atoms with E-state index >= 15 is 0 Å². The predicted molar refractivity (Wildman–Crippen MR) is 112 cm³/mol. The van der Waals surface area contributed by atoms with Crippen molar-refractivity contribution in [3.63, 3.8) is 0 Å². The summed E-state index contributed by atoms with van der Waals surface area (Å²) >= 11 is 0. The molecule has 0 bridgehead atoms. The van der Waals surface area contributed by atoms with Crippen molar-refractivity contribution in [2.75, 3.05) is 26.8 Å². The second-order valence-electron chi connectivity index (χ2n) is 7.19. The van der Waals surface area contributed by atoms with Crippen LogP contribution in [0.1, 0.15) is 44.2 Å². The van der Waals surface area contributed by atoms with Gasteiger partial charge in [-0.25, -0.2) is 0 Å². The first kappa shape index (κ1) is 22.0. The Bertz CT molecular complexity index is 657. The number of aryl methyl sites for hydroxylation is 1. The molecule has 1 aliphatic heterocycles. The fourth-order valence-corrected chi connectivity index (χ4v) is 2.85. The van der Waals surface area contributed by atoms with E-state index in [4.69, 9.17) is 9.47 Å². The Morgan fingerprint density at radius 2 is 2.21 bits per heavy atom. The molecule has 7 heteroatoms. The van der Waals surface area contributed by atoms with E-state index in [0.29, 0.717) is 32.1 Å². The average molecular weight is 391 g/mol. The molecule has 0 spiro atoms. The first-order valence-electron chi connectivity index (χ1n) is 10.1. The summed E-state index contributed by atoms with van der Waals surface area (Å²) in [5.74, 6) is 1.59. The first-order valence-corrected chi connectivity index (χ1v) is 10.1. The van der Waals surface area contributed by atoms with E-state index in [-0.39, 0.29) is 18.1 Å². The molecular weight excluding hydrogens is 356 g/mol. The van der Waals surface area contributed by atoms with Gasteiger partial charge in [-0.15, -0.1) is 0 Å². The second kappa shape index (κ2) is 11.5.